The third-order valence-electron chi connectivity index (χ3n) is 3.55. The predicted octanol–water partition coefficient (Wildman–Crippen LogP) is 1.06. The molecule has 1 rings (SSSR count). The Labute approximate surface area is 105 Å². The summed E-state index contributed by atoms with van der Waals surface area (Å²) < 4.78 is 0. The zero-order valence-corrected chi connectivity index (χ0v) is 11.7. The van der Waals surface area contributed by atoms with E-state index in [0.29, 0.717) is 12.5 Å². The molecule has 1 heterocycles. The summed E-state index contributed by atoms with van der Waals surface area (Å²) in [6, 6.07) is 0.396. The Balaban J connectivity index is 2.43. The first kappa shape index (κ1) is 14.5. The van der Waals surface area contributed by atoms with Gasteiger partial charge in [0.05, 0.1) is 0 Å². The molecule has 100 valence electrons. The molecule has 0 aliphatic carbocycles. The number of nitrogens with two attached hydrogens (primary N) is 1. The molecule has 1 fully saturated rings. The first-order chi connectivity index (χ1) is 7.83. The summed E-state index contributed by atoms with van der Waals surface area (Å²) in [5.74, 6) is 0.174. The summed E-state index contributed by atoms with van der Waals surface area (Å²) in [5.41, 5.74) is 5.48. The van der Waals surface area contributed by atoms with Crippen LogP contribution in [0.3, 0.4) is 0 Å². The van der Waals surface area contributed by atoms with Gasteiger partial charge in [-0.15, -0.1) is 0 Å². The number of nitrogens with zero attached hydrogens (tertiary/aromatic N) is 2. The van der Waals surface area contributed by atoms with Crippen molar-refractivity contribution in [1.82, 2.24) is 9.80 Å². The molecule has 1 amide bonds. The fraction of sp³-hybridized carbons (Fsp3) is 0.923. The van der Waals surface area contributed by atoms with Crippen molar-refractivity contribution in [1.29, 1.82) is 0 Å². The highest BCUT2D eigenvalue weighted by Crippen LogP contribution is 2.17. The van der Waals surface area contributed by atoms with Gasteiger partial charge in [0.15, 0.2) is 0 Å². The first-order valence-corrected chi connectivity index (χ1v) is 6.60. The molecule has 17 heavy (non-hydrogen) atoms. The quantitative estimate of drug-likeness (QED) is 0.800. The Morgan fingerprint density at radius 3 is 2.35 bits per heavy atom. The fourth-order valence-corrected chi connectivity index (χ4v) is 2.34. The maximum atomic E-state index is 12.0. The van der Waals surface area contributed by atoms with Gasteiger partial charge in [-0.1, -0.05) is 6.92 Å². The smallest absolute Gasteiger partial charge is 0.224 e. The summed E-state index contributed by atoms with van der Waals surface area (Å²) >= 11 is 0. The van der Waals surface area contributed by atoms with E-state index in [1.807, 2.05) is 25.8 Å². The molecule has 2 N–H and O–H groups in total. The Kier molecular flexibility index (Phi) is 4.95. The summed E-state index contributed by atoms with van der Waals surface area (Å²) in [4.78, 5) is 16.4. The Morgan fingerprint density at radius 2 is 1.94 bits per heavy atom. The number of carbonyl (C=O) groups is 1. The standard InChI is InChI=1S/C13H27N3O/c1-5-16-8-6-11(7-9-16)15(4)12(17)10-13(2,3)14/h11H,5-10,14H2,1-4H3. The van der Waals surface area contributed by atoms with Gasteiger partial charge < -0.3 is 15.5 Å². The minimum atomic E-state index is -0.407. The Morgan fingerprint density at radius 1 is 1.41 bits per heavy atom. The number of likely N-dealkylation sites (tertiary alicyclic amines) is 1. The van der Waals surface area contributed by atoms with Crippen LogP contribution < -0.4 is 5.73 Å². The summed E-state index contributed by atoms with van der Waals surface area (Å²) in [7, 11) is 1.92. The molecule has 0 aromatic heterocycles. The Hall–Kier alpha value is -0.610. The van der Waals surface area contributed by atoms with E-state index in [2.05, 4.69) is 11.8 Å². The topological polar surface area (TPSA) is 49.6 Å². The van der Waals surface area contributed by atoms with Gasteiger partial charge in [-0.25, -0.2) is 0 Å². The van der Waals surface area contributed by atoms with E-state index < -0.39 is 5.54 Å². The van der Waals surface area contributed by atoms with Gasteiger partial charge in [-0.05, 0) is 33.2 Å². The van der Waals surface area contributed by atoms with E-state index in [-0.39, 0.29) is 5.91 Å². The summed E-state index contributed by atoms with van der Waals surface area (Å²) in [6.45, 7) is 9.30. The molecule has 0 spiro atoms. The third kappa shape index (κ3) is 4.64. The van der Waals surface area contributed by atoms with Crippen molar-refractivity contribution in [2.75, 3.05) is 26.7 Å². The normalized spacial score (nSPS) is 19.4. The van der Waals surface area contributed by atoms with Gasteiger partial charge in [0.2, 0.25) is 5.91 Å². The molecule has 0 saturated carbocycles. The second-order valence-corrected chi connectivity index (χ2v) is 5.84. The second-order valence-electron chi connectivity index (χ2n) is 5.84. The average molecular weight is 241 g/mol. The van der Waals surface area contributed by atoms with Crippen molar-refractivity contribution in [3.63, 3.8) is 0 Å². The van der Waals surface area contributed by atoms with Gasteiger partial charge in [-0.3, -0.25) is 4.79 Å². The number of rotatable bonds is 4. The van der Waals surface area contributed by atoms with Gasteiger partial charge in [-0.2, -0.15) is 0 Å². The fourth-order valence-electron chi connectivity index (χ4n) is 2.34. The van der Waals surface area contributed by atoms with E-state index >= 15 is 0 Å². The average Bonchev–Trinajstić information content (AvgIpc) is 2.26. The van der Waals surface area contributed by atoms with Crippen LogP contribution in [0.2, 0.25) is 0 Å². The SMILES string of the molecule is CCN1CCC(N(C)C(=O)CC(C)(C)N)CC1. The molecule has 0 aromatic carbocycles. The molecule has 0 atom stereocenters. The Bertz CT molecular complexity index is 252. The van der Waals surface area contributed by atoms with E-state index in [0.717, 1.165) is 32.5 Å². The van der Waals surface area contributed by atoms with Crippen molar-refractivity contribution in [2.45, 2.75) is 51.6 Å². The molecule has 4 nitrogen and oxygen atoms in total. The lowest BCUT2D eigenvalue weighted by Crippen LogP contribution is -2.48. The molecule has 1 aliphatic heterocycles. The van der Waals surface area contributed by atoms with E-state index in [1.54, 1.807) is 0 Å². The van der Waals surface area contributed by atoms with Crippen molar-refractivity contribution in [3.8, 4) is 0 Å². The van der Waals surface area contributed by atoms with Crippen LogP contribution in [0, 0.1) is 0 Å². The predicted molar refractivity (Wildman–Crippen MR) is 70.8 cm³/mol. The second kappa shape index (κ2) is 5.83. The number of amides is 1. The summed E-state index contributed by atoms with van der Waals surface area (Å²) in [5, 5.41) is 0. The number of carbonyl (C=O) groups excluding carboxylic acids is 1. The van der Waals surface area contributed by atoms with E-state index in [1.165, 1.54) is 0 Å². The highest BCUT2D eigenvalue weighted by atomic mass is 16.2. The van der Waals surface area contributed by atoms with E-state index in [4.69, 9.17) is 5.73 Å². The van der Waals surface area contributed by atoms with Crippen molar-refractivity contribution >= 4 is 5.91 Å². The van der Waals surface area contributed by atoms with Crippen LogP contribution in [-0.2, 0) is 4.79 Å². The minimum absolute atomic E-state index is 0.174. The lowest BCUT2D eigenvalue weighted by molar-refractivity contribution is -0.133. The monoisotopic (exact) mass is 241 g/mol. The number of hydrogen-bond acceptors (Lipinski definition) is 3. The molecule has 0 bridgehead atoms. The molecular formula is C13H27N3O. The van der Waals surface area contributed by atoms with Crippen LogP contribution in [0.15, 0.2) is 0 Å². The number of piperidine rings is 1. The van der Waals surface area contributed by atoms with Crippen molar-refractivity contribution < 1.29 is 4.79 Å². The molecule has 4 heteroatoms. The van der Waals surface area contributed by atoms with Gasteiger partial charge >= 0.3 is 0 Å². The molecule has 0 radical (unpaired) electrons. The zero-order chi connectivity index (χ0) is 13.1. The van der Waals surface area contributed by atoms with Crippen molar-refractivity contribution in [2.24, 2.45) is 5.73 Å². The van der Waals surface area contributed by atoms with Crippen LogP contribution in [0.4, 0.5) is 0 Å². The highest BCUT2D eigenvalue weighted by Gasteiger charge is 2.27. The van der Waals surface area contributed by atoms with Crippen LogP contribution in [0.5, 0.6) is 0 Å². The van der Waals surface area contributed by atoms with E-state index in [9.17, 15) is 4.79 Å². The molecule has 0 unspecified atom stereocenters. The lowest BCUT2D eigenvalue weighted by atomic mass is 9.99. The maximum Gasteiger partial charge on any atom is 0.224 e. The highest BCUT2D eigenvalue weighted by molar-refractivity contribution is 5.77. The molecule has 1 saturated heterocycles. The molecular weight excluding hydrogens is 214 g/mol. The molecule has 1 aliphatic rings. The zero-order valence-electron chi connectivity index (χ0n) is 11.7. The minimum Gasteiger partial charge on any atom is -0.343 e. The van der Waals surface area contributed by atoms with Crippen LogP contribution in [0.1, 0.15) is 40.0 Å². The van der Waals surface area contributed by atoms with Gasteiger partial charge in [0.25, 0.3) is 0 Å². The number of hydrogen-bond donors (Lipinski definition) is 1. The first-order valence-electron chi connectivity index (χ1n) is 6.60. The van der Waals surface area contributed by atoms with Crippen LogP contribution >= 0.6 is 0 Å². The summed E-state index contributed by atoms with van der Waals surface area (Å²) in [6.07, 6.45) is 2.60. The van der Waals surface area contributed by atoms with Crippen LogP contribution in [-0.4, -0.2) is 54.0 Å². The molecule has 0 aromatic rings. The van der Waals surface area contributed by atoms with Crippen LogP contribution in [0.25, 0.3) is 0 Å². The maximum absolute atomic E-state index is 12.0. The third-order valence-corrected chi connectivity index (χ3v) is 3.55. The lowest BCUT2D eigenvalue weighted by Gasteiger charge is -2.37. The van der Waals surface area contributed by atoms with Gasteiger partial charge in [0.1, 0.15) is 0 Å². The van der Waals surface area contributed by atoms with Crippen molar-refractivity contribution in [3.05, 3.63) is 0 Å². The van der Waals surface area contributed by atoms with Gasteiger partial charge in [0, 0.05) is 38.1 Å². The largest absolute Gasteiger partial charge is 0.343 e.